The van der Waals surface area contributed by atoms with Crippen molar-refractivity contribution in [2.75, 3.05) is 31.1 Å². The lowest BCUT2D eigenvalue weighted by Crippen LogP contribution is -2.55. The van der Waals surface area contributed by atoms with Gasteiger partial charge in [0.25, 0.3) is 5.91 Å². The molecule has 1 aromatic heterocycles. The van der Waals surface area contributed by atoms with Crippen LogP contribution in [-0.2, 0) is 16.1 Å². The standard InChI is InChI=1S/C19H22FN3O2S/c20-15-3-1-4-17(9-15)23-13-19(25-11-18(23)24)5-2-7-22(8-6-19)10-16-12-26-14-21-16/h1,3-4,9,12,14H,2,5-8,10-11,13H2. The molecule has 7 heteroatoms. The van der Waals surface area contributed by atoms with Crippen LogP contribution in [0.3, 0.4) is 0 Å². The lowest BCUT2D eigenvalue weighted by molar-refractivity contribution is -0.140. The van der Waals surface area contributed by atoms with Gasteiger partial charge in [-0.25, -0.2) is 9.37 Å². The number of carbonyl (C=O) groups is 1. The molecule has 1 amide bonds. The third-order valence-electron chi connectivity index (χ3n) is 5.23. The zero-order chi connectivity index (χ0) is 18.0. The van der Waals surface area contributed by atoms with Crippen molar-refractivity contribution in [1.29, 1.82) is 0 Å². The van der Waals surface area contributed by atoms with Crippen molar-refractivity contribution >= 4 is 22.9 Å². The number of ether oxygens (including phenoxy) is 1. The molecular weight excluding hydrogens is 353 g/mol. The molecule has 2 saturated heterocycles. The number of carbonyl (C=O) groups excluding carboxylic acids is 1. The van der Waals surface area contributed by atoms with E-state index in [1.807, 2.05) is 5.51 Å². The second kappa shape index (κ2) is 7.42. The number of halogens is 1. The normalized spacial score (nSPS) is 24.8. The Morgan fingerprint density at radius 3 is 3.04 bits per heavy atom. The summed E-state index contributed by atoms with van der Waals surface area (Å²) in [4.78, 5) is 20.8. The molecule has 5 nitrogen and oxygen atoms in total. The van der Waals surface area contributed by atoms with Crippen LogP contribution in [-0.4, -0.2) is 47.6 Å². The molecule has 1 spiro atoms. The van der Waals surface area contributed by atoms with Gasteiger partial charge < -0.3 is 9.64 Å². The zero-order valence-corrected chi connectivity index (χ0v) is 15.4. The van der Waals surface area contributed by atoms with E-state index in [0.29, 0.717) is 12.2 Å². The van der Waals surface area contributed by atoms with E-state index in [2.05, 4.69) is 15.3 Å². The van der Waals surface area contributed by atoms with Crippen LogP contribution in [0.15, 0.2) is 35.2 Å². The van der Waals surface area contributed by atoms with Crippen molar-refractivity contribution < 1.29 is 13.9 Å². The number of nitrogens with zero attached hydrogens (tertiary/aromatic N) is 3. The molecule has 3 heterocycles. The number of morpholine rings is 1. The first-order valence-electron chi connectivity index (χ1n) is 8.93. The van der Waals surface area contributed by atoms with Crippen LogP contribution in [0.2, 0.25) is 0 Å². The van der Waals surface area contributed by atoms with Crippen molar-refractivity contribution in [2.45, 2.75) is 31.4 Å². The van der Waals surface area contributed by atoms with E-state index in [1.54, 1.807) is 28.4 Å². The van der Waals surface area contributed by atoms with Gasteiger partial charge in [-0.15, -0.1) is 11.3 Å². The van der Waals surface area contributed by atoms with Crippen LogP contribution in [0.5, 0.6) is 0 Å². The van der Waals surface area contributed by atoms with E-state index in [0.717, 1.165) is 44.6 Å². The summed E-state index contributed by atoms with van der Waals surface area (Å²) >= 11 is 1.62. The van der Waals surface area contributed by atoms with Crippen molar-refractivity contribution in [3.05, 3.63) is 46.7 Å². The van der Waals surface area contributed by atoms with Crippen molar-refractivity contribution in [3.63, 3.8) is 0 Å². The van der Waals surface area contributed by atoms with E-state index in [1.165, 1.54) is 12.1 Å². The number of rotatable bonds is 3. The van der Waals surface area contributed by atoms with Gasteiger partial charge in [-0.3, -0.25) is 9.69 Å². The molecule has 0 radical (unpaired) electrons. The first kappa shape index (κ1) is 17.6. The summed E-state index contributed by atoms with van der Waals surface area (Å²) in [6.07, 6.45) is 2.77. The minimum atomic E-state index is -0.350. The fourth-order valence-electron chi connectivity index (χ4n) is 3.82. The van der Waals surface area contributed by atoms with Crippen molar-refractivity contribution in [3.8, 4) is 0 Å². The van der Waals surface area contributed by atoms with Crippen molar-refractivity contribution in [2.24, 2.45) is 0 Å². The molecule has 1 atom stereocenters. The van der Waals surface area contributed by atoms with E-state index in [9.17, 15) is 9.18 Å². The van der Waals surface area contributed by atoms with Crippen LogP contribution in [0.4, 0.5) is 10.1 Å². The Bertz CT molecular complexity index is 770. The van der Waals surface area contributed by atoms with Gasteiger partial charge in [0.15, 0.2) is 0 Å². The second-order valence-corrected chi connectivity index (χ2v) is 7.76. The largest absolute Gasteiger partial charge is 0.363 e. The van der Waals surface area contributed by atoms with Crippen LogP contribution < -0.4 is 4.90 Å². The van der Waals surface area contributed by atoms with Crippen LogP contribution >= 0.6 is 11.3 Å². The summed E-state index contributed by atoms with van der Waals surface area (Å²) in [7, 11) is 0. The minimum absolute atomic E-state index is 0.0581. The molecule has 4 rings (SSSR count). The zero-order valence-electron chi connectivity index (χ0n) is 14.6. The molecule has 0 bridgehead atoms. The highest BCUT2D eigenvalue weighted by atomic mass is 32.1. The Kier molecular flexibility index (Phi) is 5.02. The third kappa shape index (κ3) is 3.79. The van der Waals surface area contributed by atoms with Gasteiger partial charge >= 0.3 is 0 Å². The summed E-state index contributed by atoms with van der Waals surface area (Å²) in [5.41, 5.74) is 3.23. The number of amides is 1. The fourth-order valence-corrected chi connectivity index (χ4v) is 4.37. The molecule has 26 heavy (non-hydrogen) atoms. The maximum absolute atomic E-state index is 13.6. The van der Waals surface area contributed by atoms with Gasteiger partial charge in [0.2, 0.25) is 0 Å². The van der Waals surface area contributed by atoms with E-state index in [-0.39, 0.29) is 23.9 Å². The Balaban J connectivity index is 1.46. The van der Waals surface area contributed by atoms with Gasteiger partial charge in [0, 0.05) is 24.2 Å². The van der Waals surface area contributed by atoms with Gasteiger partial charge in [-0.05, 0) is 44.0 Å². The molecule has 1 unspecified atom stereocenters. The Morgan fingerprint density at radius 1 is 1.31 bits per heavy atom. The molecule has 0 aliphatic carbocycles. The average molecular weight is 375 g/mol. The Hall–Kier alpha value is -1.83. The number of anilines is 1. The third-order valence-corrected chi connectivity index (χ3v) is 5.86. The molecule has 0 saturated carbocycles. The smallest absolute Gasteiger partial charge is 0.253 e. The summed E-state index contributed by atoms with van der Waals surface area (Å²) < 4.78 is 19.6. The summed E-state index contributed by atoms with van der Waals surface area (Å²) in [6, 6.07) is 6.24. The van der Waals surface area contributed by atoms with Gasteiger partial charge in [0.1, 0.15) is 12.4 Å². The monoisotopic (exact) mass is 375 g/mol. The highest BCUT2D eigenvalue weighted by Gasteiger charge is 2.41. The lowest BCUT2D eigenvalue weighted by Gasteiger charge is -2.42. The quantitative estimate of drug-likeness (QED) is 0.827. The summed E-state index contributed by atoms with van der Waals surface area (Å²) in [6.45, 7) is 3.30. The topological polar surface area (TPSA) is 45.7 Å². The Labute approximate surface area is 156 Å². The van der Waals surface area contributed by atoms with Gasteiger partial charge in [-0.2, -0.15) is 0 Å². The first-order chi connectivity index (χ1) is 12.6. The number of thiazole rings is 1. The van der Waals surface area contributed by atoms with Crippen LogP contribution in [0, 0.1) is 5.82 Å². The molecule has 1 aromatic carbocycles. The summed E-state index contributed by atoms with van der Waals surface area (Å²) in [5, 5.41) is 2.09. The fraction of sp³-hybridized carbons (Fsp3) is 0.474. The maximum atomic E-state index is 13.6. The van der Waals surface area contributed by atoms with Gasteiger partial charge in [-0.1, -0.05) is 6.07 Å². The second-order valence-electron chi connectivity index (χ2n) is 7.04. The Morgan fingerprint density at radius 2 is 2.23 bits per heavy atom. The SMILES string of the molecule is O=C1COC2(CCCN(Cc3cscn3)CC2)CN1c1cccc(F)c1. The molecule has 0 N–H and O–H groups in total. The van der Waals surface area contributed by atoms with Crippen molar-refractivity contribution in [1.82, 2.24) is 9.88 Å². The minimum Gasteiger partial charge on any atom is -0.363 e. The molecule has 2 aliphatic heterocycles. The van der Waals surface area contributed by atoms with Crippen LogP contribution in [0.1, 0.15) is 25.0 Å². The molecule has 138 valence electrons. The molecular formula is C19H22FN3O2S. The number of hydrogen-bond donors (Lipinski definition) is 0. The number of aromatic nitrogens is 1. The van der Waals surface area contributed by atoms with E-state index < -0.39 is 0 Å². The van der Waals surface area contributed by atoms with Gasteiger partial charge in [0.05, 0.1) is 23.4 Å². The highest BCUT2D eigenvalue weighted by molar-refractivity contribution is 7.07. The molecule has 2 aromatic rings. The lowest BCUT2D eigenvalue weighted by atomic mass is 9.92. The molecule has 2 aliphatic rings. The predicted molar refractivity (Wildman–Crippen MR) is 98.7 cm³/mol. The average Bonchev–Trinajstić information content (AvgIpc) is 3.07. The van der Waals surface area contributed by atoms with E-state index >= 15 is 0 Å². The first-order valence-corrected chi connectivity index (χ1v) is 9.87. The number of benzene rings is 1. The highest BCUT2D eigenvalue weighted by Crippen LogP contribution is 2.33. The number of hydrogen-bond acceptors (Lipinski definition) is 5. The summed E-state index contributed by atoms with van der Waals surface area (Å²) in [5.74, 6) is -0.434. The maximum Gasteiger partial charge on any atom is 0.253 e. The van der Waals surface area contributed by atoms with E-state index in [4.69, 9.17) is 4.74 Å². The molecule has 2 fully saturated rings. The number of likely N-dealkylation sites (tertiary alicyclic amines) is 1. The van der Waals surface area contributed by atoms with Crippen LogP contribution in [0.25, 0.3) is 0 Å². The predicted octanol–water partition coefficient (Wildman–Crippen LogP) is 3.07.